The number of methoxy groups -OCH3 is 1. The van der Waals surface area contributed by atoms with E-state index in [0.29, 0.717) is 23.8 Å². The van der Waals surface area contributed by atoms with Crippen LogP contribution >= 0.6 is 11.3 Å². The van der Waals surface area contributed by atoms with E-state index in [1.54, 1.807) is 35.6 Å². The Labute approximate surface area is 184 Å². The zero-order chi connectivity index (χ0) is 22.4. The first-order chi connectivity index (χ1) is 14.8. The maximum absolute atomic E-state index is 13.1. The Morgan fingerprint density at radius 3 is 2.58 bits per heavy atom. The Morgan fingerprint density at radius 2 is 1.97 bits per heavy atom. The second kappa shape index (κ2) is 9.61. The Morgan fingerprint density at radius 1 is 1.16 bits per heavy atom. The van der Waals surface area contributed by atoms with Gasteiger partial charge in [0.15, 0.2) is 11.4 Å². The number of ketones is 1. The minimum Gasteiger partial charge on any atom is -0.497 e. The Hall–Kier alpha value is -3.39. The van der Waals surface area contributed by atoms with Crippen LogP contribution in [0.1, 0.15) is 35.3 Å². The Bertz CT molecular complexity index is 1040. The van der Waals surface area contributed by atoms with E-state index in [4.69, 9.17) is 14.2 Å². The van der Waals surface area contributed by atoms with E-state index in [1.807, 2.05) is 11.4 Å². The molecule has 162 valence electrons. The number of aliphatic carboxylic acids is 1. The molecule has 0 aliphatic heterocycles. The number of pyridine rings is 1. The lowest BCUT2D eigenvalue weighted by Crippen LogP contribution is -2.38. The van der Waals surface area contributed by atoms with Gasteiger partial charge < -0.3 is 19.3 Å². The van der Waals surface area contributed by atoms with Crippen LogP contribution in [0.5, 0.6) is 17.4 Å². The molecule has 0 aliphatic carbocycles. The minimum absolute atomic E-state index is 0.118. The molecule has 1 N–H and O–H groups in total. The summed E-state index contributed by atoms with van der Waals surface area (Å²) in [5.74, 6) is -0.520. The fourth-order valence-electron chi connectivity index (χ4n) is 2.68. The topological polar surface area (TPSA) is 95.0 Å². The van der Waals surface area contributed by atoms with Crippen molar-refractivity contribution in [3.63, 3.8) is 0 Å². The Balaban J connectivity index is 1.76. The minimum atomic E-state index is -1.53. The molecule has 8 heteroatoms. The molecule has 1 aromatic carbocycles. The van der Waals surface area contributed by atoms with Crippen molar-refractivity contribution in [2.75, 3.05) is 13.7 Å². The van der Waals surface area contributed by atoms with Crippen LogP contribution in [0.4, 0.5) is 0 Å². The SMILES string of the molecule is COc1ccc(C(=O)c2ccc(OCCc3ccsc3)nc2)c(OC(C)(C)C(=O)O)c1. The Kier molecular flexibility index (Phi) is 6.91. The van der Waals surface area contributed by atoms with Crippen LogP contribution in [0.15, 0.2) is 53.4 Å². The van der Waals surface area contributed by atoms with E-state index in [1.165, 1.54) is 38.8 Å². The van der Waals surface area contributed by atoms with Gasteiger partial charge in [-0.05, 0) is 54.4 Å². The average Bonchev–Trinajstić information content (AvgIpc) is 3.27. The molecule has 0 fully saturated rings. The highest BCUT2D eigenvalue weighted by atomic mass is 32.1. The van der Waals surface area contributed by atoms with Crippen LogP contribution in [0.3, 0.4) is 0 Å². The van der Waals surface area contributed by atoms with Crippen LogP contribution in [0.2, 0.25) is 0 Å². The molecule has 0 amide bonds. The molecule has 3 aromatic rings. The van der Waals surface area contributed by atoms with Crippen molar-refractivity contribution in [1.29, 1.82) is 0 Å². The number of carboxylic acid groups (broad SMARTS) is 1. The maximum atomic E-state index is 13.1. The third kappa shape index (κ3) is 5.61. The van der Waals surface area contributed by atoms with Crippen molar-refractivity contribution in [3.8, 4) is 17.4 Å². The molecule has 2 aromatic heterocycles. The summed E-state index contributed by atoms with van der Waals surface area (Å²) < 4.78 is 16.5. The number of carbonyl (C=O) groups excluding carboxylic acids is 1. The number of aromatic nitrogens is 1. The van der Waals surface area contributed by atoms with E-state index >= 15 is 0 Å². The predicted octanol–water partition coefficient (Wildman–Crippen LogP) is 4.25. The van der Waals surface area contributed by atoms with Gasteiger partial charge in [-0.2, -0.15) is 11.3 Å². The fourth-order valence-corrected chi connectivity index (χ4v) is 3.39. The third-order valence-corrected chi connectivity index (χ3v) is 5.26. The molecule has 7 nitrogen and oxygen atoms in total. The zero-order valence-corrected chi connectivity index (χ0v) is 18.3. The molecular formula is C23H23NO6S. The number of nitrogens with zero attached hydrogens (tertiary/aromatic N) is 1. The second-order valence-electron chi connectivity index (χ2n) is 7.22. The summed E-state index contributed by atoms with van der Waals surface area (Å²) in [7, 11) is 1.48. The monoisotopic (exact) mass is 441 g/mol. The van der Waals surface area contributed by atoms with Crippen LogP contribution in [-0.2, 0) is 11.2 Å². The molecule has 0 spiro atoms. The summed E-state index contributed by atoms with van der Waals surface area (Å²) >= 11 is 1.64. The number of benzene rings is 1. The predicted molar refractivity (Wildman–Crippen MR) is 117 cm³/mol. The number of ether oxygens (including phenoxy) is 3. The van der Waals surface area contributed by atoms with Crippen molar-refractivity contribution in [1.82, 2.24) is 4.98 Å². The normalized spacial score (nSPS) is 11.1. The molecule has 31 heavy (non-hydrogen) atoms. The number of thiophene rings is 1. The van der Waals surface area contributed by atoms with Crippen molar-refractivity contribution >= 4 is 23.1 Å². The summed E-state index contributed by atoms with van der Waals surface area (Å²) in [4.78, 5) is 28.7. The standard InChI is InChI=1S/C23H23NO6S/c1-23(2,22(26)27)30-19-12-17(28-3)5-6-18(19)21(25)16-4-7-20(24-13-16)29-10-8-15-9-11-31-14-15/h4-7,9,11-14H,8,10H2,1-3H3,(H,26,27). The van der Waals surface area contributed by atoms with Gasteiger partial charge in [-0.1, -0.05) is 0 Å². The number of rotatable bonds is 10. The smallest absolute Gasteiger partial charge is 0.347 e. The van der Waals surface area contributed by atoms with Gasteiger partial charge >= 0.3 is 5.97 Å². The third-order valence-electron chi connectivity index (χ3n) is 4.53. The molecule has 0 atom stereocenters. The highest BCUT2D eigenvalue weighted by Gasteiger charge is 2.31. The van der Waals surface area contributed by atoms with E-state index < -0.39 is 11.6 Å². The lowest BCUT2D eigenvalue weighted by Gasteiger charge is -2.23. The molecule has 2 heterocycles. The van der Waals surface area contributed by atoms with Gasteiger partial charge in [0, 0.05) is 30.3 Å². The summed E-state index contributed by atoms with van der Waals surface area (Å²) in [6.45, 7) is 3.30. The van der Waals surface area contributed by atoms with E-state index in [9.17, 15) is 14.7 Å². The van der Waals surface area contributed by atoms with Crippen molar-refractivity contribution < 1.29 is 28.9 Å². The van der Waals surface area contributed by atoms with Crippen molar-refractivity contribution in [2.45, 2.75) is 25.9 Å². The van der Waals surface area contributed by atoms with Crippen LogP contribution in [0, 0.1) is 0 Å². The maximum Gasteiger partial charge on any atom is 0.347 e. The number of hydrogen-bond acceptors (Lipinski definition) is 7. The lowest BCUT2D eigenvalue weighted by molar-refractivity contribution is -0.152. The van der Waals surface area contributed by atoms with Gasteiger partial charge in [0.1, 0.15) is 11.5 Å². The largest absolute Gasteiger partial charge is 0.497 e. The van der Waals surface area contributed by atoms with E-state index in [0.717, 1.165) is 6.42 Å². The number of carbonyl (C=O) groups is 2. The molecule has 3 rings (SSSR count). The molecule has 0 saturated carbocycles. The molecule has 0 saturated heterocycles. The summed E-state index contributed by atoms with van der Waals surface area (Å²) in [6.07, 6.45) is 2.20. The molecule has 0 bridgehead atoms. The fraction of sp³-hybridized carbons (Fsp3) is 0.261. The molecule has 0 radical (unpaired) electrons. The average molecular weight is 442 g/mol. The quantitative estimate of drug-likeness (QED) is 0.470. The molecular weight excluding hydrogens is 418 g/mol. The summed E-state index contributed by atoms with van der Waals surface area (Å²) in [6, 6.07) is 9.94. The number of hydrogen-bond donors (Lipinski definition) is 1. The first-order valence-corrected chi connectivity index (χ1v) is 10.5. The van der Waals surface area contributed by atoms with Crippen LogP contribution in [0.25, 0.3) is 0 Å². The van der Waals surface area contributed by atoms with Gasteiger partial charge in [-0.3, -0.25) is 4.79 Å². The van der Waals surface area contributed by atoms with Crippen molar-refractivity contribution in [3.05, 3.63) is 70.0 Å². The summed E-state index contributed by atoms with van der Waals surface area (Å²) in [5.41, 5.74) is 0.212. The van der Waals surface area contributed by atoms with Crippen LogP contribution < -0.4 is 14.2 Å². The van der Waals surface area contributed by atoms with Gasteiger partial charge in [-0.25, -0.2) is 9.78 Å². The summed E-state index contributed by atoms with van der Waals surface area (Å²) in [5, 5.41) is 13.5. The van der Waals surface area contributed by atoms with Gasteiger partial charge in [0.05, 0.1) is 19.3 Å². The first kappa shape index (κ1) is 22.3. The lowest BCUT2D eigenvalue weighted by atomic mass is 10.0. The van der Waals surface area contributed by atoms with E-state index in [-0.39, 0.29) is 17.1 Å². The highest BCUT2D eigenvalue weighted by molar-refractivity contribution is 7.07. The van der Waals surface area contributed by atoms with Gasteiger partial charge in [0.25, 0.3) is 0 Å². The second-order valence-corrected chi connectivity index (χ2v) is 8.00. The number of carboxylic acids is 1. The van der Waals surface area contributed by atoms with Gasteiger partial charge in [0.2, 0.25) is 5.88 Å². The highest BCUT2D eigenvalue weighted by Crippen LogP contribution is 2.30. The molecule has 0 unspecified atom stereocenters. The van der Waals surface area contributed by atoms with Crippen molar-refractivity contribution in [2.24, 2.45) is 0 Å². The van der Waals surface area contributed by atoms with Gasteiger partial charge in [-0.15, -0.1) is 0 Å². The zero-order valence-electron chi connectivity index (χ0n) is 17.5. The molecule has 0 aliphatic rings. The van der Waals surface area contributed by atoms with E-state index in [2.05, 4.69) is 10.4 Å². The first-order valence-electron chi connectivity index (χ1n) is 9.55. The van der Waals surface area contributed by atoms with Crippen LogP contribution in [-0.4, -0.2) is 41.2 Å².